The van der Waals surface area contributed by atoms with Crippen LogP contribution in [-0.4, -0.2) is 51.9 Å². The van der Waals surface area contributed by atoms with Crippen molar-refractivity contribution in [2.45, 2.75) is 11.6 Å². The van der Waals surface area contributed by atoms with Crippen LogP contribution in [0.2, 0.25) is 5.15 Å². The molecule has 0 unspecified atom stereocenters. The van der Waals surface area contributed by atoms with Gasteiger partial charge in [0.15, 0.2) is 10.2 Å². The minimum Gasteiger partial charge on any atom is -0.308 e. The Balaban J connectivity index is 2.02. The van der Waals surface area contributed by atoms with Crippen LogP contribution in [0.4, 0.5) is 0 Å². The largest absolute Gasteiger partial charge is 0.343 e. The minimum absolute atomic E-state index is 0.178. The number of hydrogen-bond donors (Lipinski definition) is 0. The Morgan fingerprint density at radius 2 is 1.75 bits per heavy atom. The van der Waals surface area contributed by atoms with Gasteiger partial charge in [0, 0.05) is 19.3 Å². The van der Waals surface area contributed by atoms with Gasteiger partial charge in [-0.2, -0.15) is 12.4 Å². The van der Waals surface area contributed by atoms with Gasteiger partial charge < -0.3 is 4.90 Å². The molecule has 3 heterocycles. The molecule has 0 bridgehead atoms. The van der Waals surface area contributed by atoms with E-state index in [0.717, 1.165) is 3.97 Å². The van der Waals surface area contributed by atoms with Gasteiger partial charge in [0.2, 0.25) is 0 Å². The molecule has 10 heteroatoms. The zero-order chi connectivity index (χ0) is 20.1. The second kappa shape index (κ2) is 6.77. The van der Waals surface area contributed by atoms with Crippen LogP contribution >= 0.6 is 11.6 Å². The lowest BCUT2D eigenvalue weighted by atomic mass is 10.3. The summed E-state index contributed by atoms with van der Waals surface area (Å²) in [5.41, 5.74) is 0.594. The smallest absolute Gasteiger partial charge is 0.308 e. The second-order valence-corrected chi connectivity index (χ2v) is 8.69. The number of rotatable bonds is 5. The average Bonchev–Trinajstić information content (AvgIpc) is 3.13. The summed E-state index contributed by atoms with van der Waals surface area (Å²) < 4.78 is 30.7. The van der Waals surface area contributed by atoms with Crippen LogP contribution in [0.15, 0.2) is 58.5 Å². The maximum absolute atomic E-state index is 13.5. The van der Waals surface area contributed by atoms with Gasteiger partial charge in [-0.15, -0.1) is 0 Å². The number of nitrogens with zero attached hydrogens (tertiary/aromatic N) is 5. The molecule has 0 fully saturated rings. The van der Waals surface area contributed by atoms with Gasteiger partial charge in [-0.05, 0) is 38.4 Å². The van der Waals surface area contributed by atoms with E-state index in [1.807, 2.05) is 19.0 Å². The third kappa shape index (κ3) is 2.83. The number of halogens is 1. The van der Waals surface area contributed by atoms with Crippen LogP contribution in [0.3, 0.4) is 0 Å². The molecule has 0 amide bonds. The summed E-state index contributed by atoms with van der Waals surface area (Å²) in [5.74, 6) is 0. The number of likely N-dealkylation sites (N-methyl/N-ethyl adjacent to an activating group) is 1. The minimum atomic E-state index is -4.29. The average molecular weight is 420 g/mol. The highest BCUT2D eigenvalue weighted by Crippen LogP contribution is 2.26. The third-order valence-electron chi connectivity index (χ3n) is 4.50. The molecule has 3 aromatic heterocycles. The lowest BCUT2D eigenvalue weighted by Gasteiger charge is -2.09. The van der Waals surface area contributed by atoms with E-state index in [0.29, 0.717) is 29.8 Å². The van der Waals surface area contributed by atoms with Crippen LogP contribution in [-0.2, 0) is 16.6 Å². The van der Waals surface area contributed by atoms with Crippen LogP contribution < -0.4 is 5.69 Å². The molecular formula is C18H18ClN5O3S. The lowest BCUT2D eigenvalue weighted by Crippen LogP contribution is -2.32. The summed E-state index contributed by atoms with van der Waals surface area (Å²) in [6.45, 7) is 0.945. The number of para-hydroxylation sites is 2. The van der Waals surface area contributed by atoms with E-state index in [1.165, 1.54) is 8.97 Å². The van der Waals surface area contributed by atoms with Crippen LogP contribution in [0.1, 0.15) is 0 Å². The standard InChI is InChI=1S/C18H18ClN5O3S/c1-21(2)11-12-22-13-7-3-4-8-14(13)24(18(22)25)28(26,27)17-16(19)20-15-9-5-6-10-23(15)17/h3-10H,11-12H2,1-2H3. The summed E-state index contributed by atoms with van der Waals surface area (Å²) in [5, 5.41) is -0.411. The van der Waals surface area contributed by atoms with Crippen molar-refractivity contribution in [2.75, 3.05) is 20.6 Å². The first-order chi connectivity index (χ1) is 13.3. The molecule has 28 heavy (non-hydrogen) atoms. The van der Waals surface area contributed by atoms with Gasteiger partial charge in [-0.25, -0.2) is 9.78 Å². The number of imidazole rings is 2. The summed E-state index contributed by atoms with van der Waals surface area (Å²) in [4.78, 5) is 19.2. The molecule has 0 atom stereocenters. The first kappa shape index (κ1) is 18.7. The van der Waals surface area contributed by atoms with Crippen LogP contribution in [0.25, 0.3) is 16.7 Å². The molecule has 0 aliphatic carbocycles. The van der Waals surface area contributed by atoms with Crippen molar-refractivity contribution in [1.82, 2.24) is 22.8 Å². The van der Waals surface area contributed by atoms with Gasteiger partial charge in [0.05, 0.1) is 11.0 Å². The molecule has 0 spiro atoms. The van der Waals surface area contributed by atoms with E-state index >= 15 is 0 Å². The highest BCUT2D eigenvalue weighted by atomic mass is 35.5. The molecule has 1 aromatic carbocycles. The van der Waals surface area contributed by atoms with Gasteiger partial charge in [-0.3, -0.25) is 8.97 Å². The Kier molecular flexibility index (Phi) is 4.53. The van der Waals surface area contributed by atoms with Crippen molar-refractivity contribution in [2.24, 2.45) is 0 Å². The highest BCUT2D eigenvalue weighted by molar-refractivity contribution is 7.90. The Labute approximate surface area is 166 Å². The number of fused-ring (bicyclic) bond motifs is 2. The van der Waals surface area contributed by atoms with Crippen molar-refractivity contribution in [3.05, 3.63) is 64.3 Å². The lowest BCUT2D eigenvalue weighted by molar-refractivity contribution is 0.383. The van der Waals surface area contributed by atoms with E-state index in [-0.39, 0.29) is 10.2 Å². The fourth-order valence-corrected chi connectivity index (χ4v) is 5.21. The third-order valence-corrected chi connectivity index (χ3v) is 6.59. The zero-order valence-corrected chi connectivity index (χ0v) is 16.9. The maximum Gasteiger partial charge on any atom is 0.343 e. The summed E-state index contributed by atoms with van der Waals surface area (Å²) in [7, 11) is -0.514. The van der Waals surface area contributed by atoms with Gasteiger partial charge in [0.25, 0.3) is 10.0 Å². The molecule has 8 nitrogen and oxygen atoms in total. The molecule has 0 aliphatic rings. The van der Waals surface area contributed by atoms with Gasteiger partial charge in [-0.1, -0.05) is 29.8 Å². The Morgan fingerprint density at radius 3 is 2.46 bits per heavy atom. The van der Waals surface area contributed by atoms with Gasteiger partial charge in [0.1, 0.15) is 5.65 Å². The van der Waals surface area contributed by atoms with E-state index in [4.69, 9.17) is 11.6 Å². The fraction of sp³-hybridized carbons (Fsp3) is 0.222. The van der Waals surface area contributed by atoms with Crippen molar-refractivity contribution in [3.63, 3.8) is 0 Å². The van der Waals surface area contributed by atoms with E-state index in [9.17, 15) is 13.2 Å². The van der Waals surface area contributed by atoms with Crippen LogP contribution in [0, 0.1) is 0 Å². The topological polar surface area (TPSA) is 81.6 Å². The van der Waals surface area contributed by atoms with Crippen molar-refractivity contribution >= 4 is 38.3 Å². The first-order valence-electron chi connectivity index (χ1n) is 8.55. The monoisotopic (exact) mass is 419 g/mol. The fourth-order valence-electron chi connectivity index (χ4n) is 3.19. The predicted octanol–water partition coefficient (Wildman–Crippen LogP) is 1.90. The highest BCUT2D eigenvalue weighted by Gasteiger charge is 2.31. The van der Waals surface area contributed by atoms with E-state index in [1.54, 1.807) is 48.7 Å². The number of pyridine rings is 1. The molecule has 0 radical (unpaired) electrons. The number of benzene rings is 1. The predicted molar refractivity (Wildman–Crippen MR) is 108 cm³/mol. The summed E-state index contributed by atoms with van der Waals surface area (Å²) in [6.07, 6.45) is 1.55. The molecule has 4 aromatic rings. The van der Waals surface area contributed by atoms with Crippen molar-refractivity contribution in [3.8, 4) is 0 Å². The normalized spacial score (nSPS) is 12.4. The Morgan fingerprint density at radius 1 is 1.07 bits per heavy atom. The molecule has 4 rings (SSSR count). The quantitative estimate of drug-likeness (QED) is 0.493. The molecular weight excluding hydrogens is 402 g/mol. The molecule has 0 saturated carbocycles. The SMILES string of the molecule is CN(C)CCn1c(=O)n(S(=O)(=O)c2c(Cl)nc3ccccn23)c2ccccc21. The molecule has 0 N–H and O–H groups in total. The van der Waals surface area contributed by atoms with Crippen molar-refractivity contribution < 1.29 is 8.42 Å². The number of aromatic nitrogens is 4. The maximum atomic E-state index is 13.5. The summed E-state index contributed by atoms with van der Waals surface area (Å²) >= 11 is 6.18. The van der Waals surface area contributed by atoms with Crippen molar-refractivity contribution in [1.29, 1.82) is 0 Å². The summed E-state index contributed by atoms with van der Waals surface area (Å²) in [6, 6.07) is 11.9. The molecule has 0 aliphatic heterocycles. The Bertz CT molecular complexity index is 1350. The Hall–Kier alpha value is -2.62. The second-order valence-electron chi connectivity index (χ2n) is 6.63. The first-order valence-corrected chi connectivity index (χ1v) is 10.4. The van der Waals surface area contributed by atoms with Crippen LogP contribution in [0.5, 0.6) is 0 Å². The zero-order valence-electron chi connectivity index (χ0n) is 15.3. The number of hydrogen-bond acceptors (Lipinski definition) is 5. The van der Waals surface area contributed by atoms with E-state index < -0.39 is 15.7 Å². The van der Waals surface area contributed by atoms with E-state index in [2.05, 4.69) is 4.98 Å². The molecule has 0 saturated heterocycles. The molecule has 146 valence electrons. The van der Waals surface area contributed by atoms with Gasteiger partial charge >= 0.3 is 5.69 Å².